The van der Waals surface area contributed by atoms with Gasteiger partial charge in [0.2, 0.25) is 0 Å². The minimum Gasteiger partial charge on any atom is -0.366 e. The zero-order valence-electron chi connectivity index (χ0n) is 8.77. The molecule has 1 aliphatic rings. The second-order valence-electron chi connectivity index (χ2n) is 4.09. The first kappa shape index (κ1) is 10.4. The van der Waals surface area contributed by atoms with Crippen LogP contribution in [0.1, 0.15) is 13.3 Å². The van der Waals surface area contributed by atoms with Gasteiger partial charge in [-0.05, 0) is 24.5 Å². The molecule has 82 valence electrons. The van der Waals surface area contributed by atoms with Crippen molar-refractivity contribution in [1.29, 1.82) is 0 Å². The second-order valence-corrected chi connectivity index (χ2v) is 6.07. The maximum atomic E-state index is 11.5. The molecule has 0 bridgehead atoms. The van der Waals surface area contributed by atoms with Crippen molar-refractivity contribution in [3.8, 4) is 0 Å². The van der Waals surface area contributed by atoms with Crippen molar-refractivity contribution >= 4 is 15.7 Å². The normalized spacial score (nSPS) is 24.9. The smallest absolute Gasteiger partial charge is 0.179 e. The fourth-order valence-corrected chi connectivity index (χ4v) is 2.29. The van der Waals surface area contributed by atoms with E-state index in [2.05, 4.69) is 17.2 Å². The maximum absolute atomic E-state index is 11.5. The number of pyridine rings is 1. The zero-order valence-corrected chi connectivity index (χ0v) is 9.58. The Kier molecular flexibility index (Phi) is 2.42. The van der Waals surface area contributed by atoms with Gasteiger partial charge >= 0.3 is 0 Å². The summed E-state index contributed by atoms with van der Waals surface area (Å²) in [4.78, 5) is 4.35. The predicted octanol–water partition coefficient (Wildman–Crippen LogP) is 1.31. The first-order valence-electron chi connectivity index (χ1n) is 4.90. The molecule has 0 aromatic carbocycles. The summed E-state index contributed by atoms with van der Waals surface area (Å²) >= 11 is 0. The Bertz CT molecular complexity index is 470. The minimum atomic E-state index is -3.19. The number of sulfone groups is 1. The monoisotopic (exact) mass is 226 g/mol. The third-order valence-corrected chi connectivity index (χ3v) is 3.73. The van der Waals surface area contributed by atoms with Crippen LogP contribution < -0.4 is 5.32 Å². The van der Waals surface area contributed by atoms with Crippen LogP contribution in [0.2, 0.25) is 0 Å². The Balaban J connectivity index is 2.30. The van der Waals surface area contributed by atoms with Crippen molar-refractivity contribution in [1.82, 2.24) is 4.98 Å². The molecule has 2 rings (SSSR count). The zero-order chi connectivity index (χ0) is 11.1. The summed E-state index contributed by atoms with van der Waals surface area (Å²) in [7, 11) is -3.19. The summed E-state index contributed by atoms with van der Waals surface area (Å²) < 4.78 is 22.9. The van der Waals surface area contributed by atoms with Crippen LogP contribution >= 0.6 is 0 Å². The van der Waals surface area contributed by atoms with Crippen LogP contribution in [0.5, 0.6) is 0 Å². The Morgan fingerprint density at radius 2 is 2.20 bits per heavy atom. The summed E-state index contributed by atoms with van der Waals surface area (Å²) in [6, 6.07) is 3.59. The minimum absolute atomic E-state index is 0.282. The van der Waals surface area contributed by atoms with E-state index in [0.29, 0.717) is 17.8 Å². The van der Waals surface area contributed by atoms with E-state index >= 15 is 0 Å². The molecule has 1 aromatic heterocycles. The number of anilines is 1. The van der Waals surface area contributed by atoms with E-state index in [1.165, 1.54) is 6.26 Å². The summed E-state index contributed by atoms with van der Waals surface area (Å²) in [6.45, 7) is 2.13. The second kappa shape index (κ2) is 3.48. The summed E-state index contributed by atoms with van der Waals surface area (Å²) in [5.41, 5.74) is 0. The standard InChI is InChI=1S/C10H14N2O2S/c1-7-6-8(7)12-10-9(15(2,13)14)4-3-5-11-10/h3-5,7-8H,6H2,1-2H3,(H,11,12). The predicted molar refractivity (Wildman–Crippen MR) is 58.5 cm³/mol. The molecule has 15 heavy (non-hydrogen) atoms. The van der Waals surface area contributed by atoms with Gasteiger partial charge in [-0.25, -0.2) is 13.4 Å². The molecule has 0 aliphatic heterocycles. The average Bonchev–Trinajstić information content (AvgIpc) is 2.81. The highest BCUT2D eigenvalue weighted by Gasteiger charge is 2.33. The number of rotatable bonds is 3. The molecule has 2 unspecified atom stereocenters. The molecular formula is C10H14N2O2S. The number of aromatic nitrogens is 1. The third kappa shape index (κ3) is 2.28. The molecule has 1 aromatic rings. The van der Waals surface area contributed by atoms with Crippen LogP contribution in [0.25, 0.3) is 0 Å². The molecule has 0 radical (unpaired) electrons. The van der Waals surface area contributed by atoms with Crippen molar-refractivity contribution in [2.24, 2.45) is 5.92 Å². The summed E-state index contributed by atoms with van der Waals surface area (Å²) in [5.74, 6) is 1.09. The molecule has 2 atom stereocenters. The van der Waals surface area contributed by atoms with E-state index in [4.69, 9.17) is 0 Å². The van der Waals surface area contributed by atoms with Crippen molar-refractivity contribution in [2.75, 3.05) is 11.6 Å². The van der Waals surface area contributed by atoms with Crippen LogP contribution in [-0.2, 0) is 9.84 Å². The van der Waals surface area contributed by atoms with Crippen molar-refractivity contribution in [3.05, 3.63) is 18.3 Å². The fourth-order valence-electron chi connectivity index (χ4n) is 1.50. The highest BCUT2D eigenvalue weighted by molar-refractivity contribution is 7.90. The molecule has 1 aliphatic carbocycles. The molecular weight excluding hydrogens is 212 g/mol. The van der Waals surface area contributed by atoms with Crippen LogP contribution in [0.3, 0.4) is 0 Å². The van der Waals surface area contributed by atoms with E-state index in [0.717, 1.165) is 6.42 Å². The Labute approximate surface area is 89.6 Å². The van der Waals surface area contributed by atoms with Gasteiger partial charge in [-0.3, -0.25) is 0 Å². The van der Waals surface area contributed by atoms with Crippen LogP contribution in [0.4, 0.5) is 5.82 Å². The molecule has 0 spiro atoms. The Morgan fingerprint density at radius 1 is 1.53 bits per heavy atom. The van der Waals surface area contributed by atoms with Gasteiger partial charge in [-0.2, -0.15) is 0 Å². The molecule has 0 amide bonds. The van der Waals surface area contributed by atoms with E-state index in [9.17, 15) is 8.42 Å². The fraction of sp³-hybridized carbons (Fsp3) is 0.500. The van der Waals surface area contributed by atoms with Crippen molar-refractivity contribution < 1.29 is 8.42 Å². The van der Waals surface area contributed by atoms with Crippen LogP contribution in [0, 0.1) is 5.92 Å². The number of nitrogens with zero attached hydrogens (tertiary/aromatic N) is 1. The molecule has 1 N–H and O–H groups in total. The van der Waals surface area contributed by atoms with Gasteiger partial charge in [0, 0.05) is 18.5 Å². The number of hydrogen-bond donors (Lipinski definition) is 1. The molecule has 0 saturated heterocycles. The molecule has 1 fully saturated rings. The lowest BCUT2D eigenvalue weighted by Crippen LogP contribution is -2.10. The van der Waals surface area contributed by atoms with Gasteiger partial charge in [0.25, 0.3) is 0 Å². The van der Waals surface area contributed by atoms with E-state index in [1.807, 2.05) is 0 Å². The Morgan fingerprint density at radius 3 is 2.73 bits per heavy atom. The summed E-state index contributed by atoms with van der Waals surface area (Å²) in [6.07, 6.45) is 3.88. The number of nitrogens with one attached hydrogen (secondary N) is 1. The average molecular weight is 226 g/mol. The molecule has 1 heterocycles. The van der Waals surface area contributed by atoms with Gasteiger partial charge in [-0.15, -0.1) is 0 Å². The highest BCUT2D eigenvalue weighted by Crippen LogP contribution is 2.33. The van der Waals surface area contributed by atoms with Gasteiger partial charge in [-0.1, -0.05) is 6.92 Å². The van der Waals surface area contributed by atoms with Gasteiger partial charge in [0.1, 0.15) is 10.7 Å². The lowest BCUT2D eigenvalue weighted by Gasteiger charge is -2.08. The van der Waals surface area contributed by atoms with Gasteiger partial charge in [0.05, 0.1) is 0 Å². The van der Waals surface area contributed by atoms with Crippen LogP contribution in [0.15, 0.2) is 23.2 Å². The van der Waals surface area contributed by atoms with Crippen molar-refractivity contribution in [2.45, 2.75) is 24.3 Å². The van der Waals surface area contributed by atoms with E-state index in [1.54, 1.807) is 18.3 Å². The third-order valence-electron chi connectivity index (χ3n) is 2.60. The molecule has 4 nitrogen and oxygen atoms in total. The molecule has 1 saturated carbocycles. The lowest BCUT2D eigenvalue weighted by atomic mass is 10.4. The largest absolute Gasteiger partial charge is 0.366 e. The first-order valence-corrected chi connectivity index (χ1v) is 6.79. The summed E-state index contributed by atoms with van der Waals surface area (Å²) in [5, 5.41) is 3.15. The van der Waals surface area contributed by atoms with Gasteiger partial charge < -0.3 is 5.32 Å². The van der Waals surface area contributed by atoms with Crippen molar-refractivity contribution in [3.63, 3.8) is 0 Å². The topological polar surface area (TPSA) is 59.1 Å². The quantitative estimate of drug-likeness (QED) is 0.844. The first-order chi connectivity index (χ1) is 6.98. The highest BCUT2D eigenvalue weighted by atomic mass is 32.2. The Hall–Kier alpha value is -1.10. The molecule has 5 heteroatoms. The van der Waals surface area contributed by atoms with E-state index in [-0.39, 0.29) is 4.90 Å². The lowest BCUT2D eigenvalue weighted by molar-refractivity contribution is 0.601. The number of hydrogen-bond acceptors (Lipinski definition) is 4. The maximum Gasteiger partial charge on any atom is 0.179 e. The van der Waals surface area contributed by atoms with Gasteiger partial charge in [0.15, 0.2) is 9.84 Å². The van der Waals surface area contributed by atoms with Crippen LogP contribution in [-0.4, -0.2) is 25.7 Å². The SMILES string of the molecule is CC1CC1Nc1ncccc1S(C)(=O)=O. The van der Waals surface area contributed by atoms with E-state index < -0.39 is 9.84 Å².